The van der Waals surface area contributed by atoms with Crippen LogP contribution in [0.15, 0.2) is 32.3 Å². The average Bonchev–Trinajstić information content (AvgIpc) is 2.69. The molecule has 0 bridgehead atoms. The molecule has 1 atom stereocenters. The monoisotopic (exact) mass is 417 g/mol. The molecule has 0 amide bonds. The van der Waals surface area contributed by atoms with Gasteiger partial charge in [0.2, 0.25) is 5.84 Å². The Morgan fingerprint density at radius 2 is 1.97 bits per heavy atom. The Balaban J connectivity index is 2.52. The Labute approximate surface area is 175 Å². The SMILES string of the molecule is Cc1cc2nc(/C(N=NCCN(C)C)=N/N)c(=O)n(CCC(O)CCO)c2cc1C. The van der Waals surface area contributed by atoms with E-state index in [2.05, 4.69) is 20.3 Å². The third kappa shape index (κ3) is 5.91. The van der Waals surface area contributed by atoms with Crippen LogP contribution in [0.25, 0.3) is 11.0 Å². The molecule has 0 spiro atoms. The standard InChI is InChI=1S/C20H31N7O3/c1-13-11-16-17(12-14(13)2)27(8-5-15(29)6-10-28)20(30)18(23-16)19(24-21)25-22-7-9-26(3)4/h11-12,15,28-29H,5-10,21H2,1-4H3/b24-19-,25-22?. The Morgan fingerprint density at radius 3 is 2.60 bits per heavy atom. The van der Waals surface area contributed by atoms with Crippen LogP contribution < -0.4 is 11.4 Å². The molecule has 164 valence electrons. The number of azo groups is 1. The van der Waals surface area contributed by atoms with Crippen LogP contribution >= 0.6 is 0 Å². The van der Waals surface area contributed by atoms with Gasteiger partial charge in [0, 0.05) is 19.7 Å². The maximum absolute atomic E-state index is 13.2. The number of aromatic nitrogens is 2. The normalized spacial score (nSPS) is 13.6. The lowest BCUT2D eigenvalue weighted by Gasteiger charge is -2.15. The number of hydrogen-bond donors (Lipinski definition) is 3. The average molecular weight is 418 g/mol. The van der Waals surface area contributed by atoms with Crippen molar-refractivity contribution in [1.82, 2.24) is 14.5 Å². The van der Waals surface area contributed by atoms with Crippen LogP contribution in [0.3, 0.4) is 0 Å². The highest BCUT2D eigenvalue weighted by molar-refractivity contribution is 5.98. The molecule has 4 N–H and O–H groups in total. The van der Waals surface area contributed by atoms with E-state index in [1.54, 1.807) is 4.57 Å². The lowest BCUT2D eigenvalue weighted by molar-refractivity contribution is 0.121. The molecule has 0 fully saturated rings. The highest BCUT2D eigenvalue weighted by atomic mass is 16.3. The summed E-state index contributed by atoms with van der Waals surface area (Å²) in [6.07, 6.45) is -0.155. The van der Waals surface area contributed by atoms with Crippen molar-refractivity contribution in [2.75, 3.05) is 33.8 Å². The van der Waals surface area contributed by atoms with Crippen molar-refractivity contribution in [3.63, 3.8) is 0 Å². The summed E-state index contributed by atoms with van der Waals surface area (Å²) in [7, 11) is 3.85. The molecule has 1 unspecified atom stereocenters. The molecule has 10 nitrogen and oxygen atoms in total. The molecule has 0 saturated heterocycles. The molecule has 0 aliphatic rings. The quantitative estimate of drug-likeness (QED) is 0.181. The molecule has 0 aliphatic carbocycles. The van der Waals surface area contributed by atoms with Gasteiger partial charge in [-0.3, -0.25) is 4.79 Å². The molecule has 2 aromatic rings. The minimum atomic E-state index is -0.714. The van der Waals surface area contributed by atoms with Gasteiger partial charge in [0.1, 0.15) is 0 Å². The molecule has 1 aromatic heterocycles. The first-order valence-corrected chi connectivity index (χ1v) is 9.89. The van der Waals surface area contributed by atoms with Gasteiger partial charge in [0.25, 0.3) is 5.56 Å². The van der Waals surface area contributed by atoms with Gasteiger partial charge in [-0.2, -0.15) is 10.2 Å². The summed E-state index contributed by atoms with van der Waals surface area (Å²) in [5, 5.41) is 30.7. The summed E-state index contributed by atoms with van der Waals surface area (Å²) in [5.74, 6) is 5.46. The summed E-state index contributed by atoms with van der Waals surface area (Å²) >= 11 is 0. The molecule has 30 heavy (non-hydrogen) atoms. The van der Waals surface area contributed by atoms with Gasteiger partial charge in [-0.15, -0.1) is 5.11 Å². The van der Waals surface area contributed by atoms with E-state index >= 15 is 0 Å². The second kappa shape index (κ2) is 10.9. The van der Waals surface area contributed by atoms with E-state index in [-0.39, 0.29) is 31.1 Å². The number of benzene rings is 1. The van der Waals surface area contributed by atoms with E-state index in [0.717, 1.165) is 11.1 Å². The third-order valence-corrected chi connectivity index (χ3v) is 4.86. The Morgan fingerprint density at radius 1 is 1.27 bits per heavy atom. The van der Waals surface area contributed by atoms with Gasteiger partial charge in [-0.1, -0.05) is 0 Å². The molecule has 1 aromatic carbocycles. The van der Waals surface area contributed by atoms with Gasteiger partial charge in [-0.05, 0) is 64.0 Å². The van der Waals surface area contributed by atoms with Crippen LogP contribution in [-0.4, -0.2) is 70.4 Å². The van der Waals surface area contributed by atoms with Crippen molar-refractivity contribution in [3.8, 4) is 0 Å². The fourth-order valence-corrected chi connectivity index (χ4v) is 2.93. The fraction of sp³-hybridized carbons (Fsp3) is 0.550. The first-order valence-electron chi connectivity index (χ1n) is 9.89. The Kier molecular flexibility index (Phi) is 8.58. The zero-order valence-corrected chi connectivity index (χ0v) is 18.0. The zero-order valence-electron chi connectivity index (χ0n) is 18.0. The van der Waals surface area contributed by atoms with E-state index in [1.807, 2.05) is 45.0 Å². The van der Waals surface area contributed by atoms with Gasteiger partial charge in [0.05, 0.1) is 23.7 Å². The first-order chi connectivity index (χ1) is 14.3. The largest absolute Gasteiger partial charge is 0.396 e. The van der Waals surface area contributed by atoms with Crippen molar-refractivity contribution in [3.05, 3.63) is 39.3 Å². The minimum Gasteiger partial charge on any atom is -0.396 e. The van der Waals surface area contributed by atoms with Gasteiger partial charge < -0.3 is 25.5 Å². The maximum Gasteiger partial charge on any atom is 0.281 e. The predicted octanol–water partition coefficient (Wildman–Crippen LogP) is 0.781. The van der Waals surface area contributed by atoms with Crippen molar-refractivity contribution in [2.24, 2.45) is 21.2 Å². The van der Waals surface area contributed by atoms with Crippen LogP contribution in [0.5, 0.6) is 0 Å². The van der Waals surface area contributed by atoms with E-state index in [1.165, 1.54) is 0 Å². The van der Waals surface area contributed by atoms with Crippen molar-refractivity contribution < 1.29 is 10.2 Å². The van der Waals surface area contributed by atoms with E-state index in [0.29, 0.717) is 30.5 Å². The lowest BCUT2D eigenvalue weighted by Crippen LogP contribution is -2.30. The number of aliphatic hydroxyl groups excluding tert-OH is 2. The van der Waals surface area contributed by atoms with Gasteiger partial charge in [0.15, 0.2) is 5.69 Å². The molecule has 2 rings (SSSR count). The molecule has 10 heteroatoms. The van der Waals surface area contributed by atoms with E-state index in [4.69, 9.17) is 10.9 Å². The smallest absolute Gasteiger partial charge is 0.281 e. The summed E-state index contributed by atoms with van der Waals surface area (Å²) in [5.41, 5.74) is 2.93. The number of fused-ring (bicyclic) bond motifs is 1. The topological polar surface area (TPSA) is 142 Å². The van der Waals surface area contributed by atoms with E-state index < -0.39 is 11.7 Å². The summed E-state index contributed by atoms with van der Waals surface area (Å²) < 4.78 is 1.55. The number of hydrogen-bond acceptors (Lipinski definition) is 8. The molecule has 0 aliphatic heterocycles. The van der Waals surface area contributed by atoms with E-state index in [9.17, 15) is 9.90 Å². The maximum atomic E-state index is 13.2. The number of amidine groups is 1. The molecule has 0 radical (unpaired) electrons. The number of hydrazone groups is 1. The highest BCUT2D eigenvalue weighted by Crippen LogP contribution is 2.18. The summed E-state index contributed by atoms with van der Waals surface area (Å²) in [4.78, 5) is 19.6. The summed E-state index contributed by atoms with van der Waals surface area (Å²) in [6, 6.07) is 3.80. The van der Waals surface area contributed by atoms with Crippen molar-refractivity contribution in [2.45, 2.75) is 39.3 Å². The zero-order chi connectivity index (χ0) is 22.3. The van der Waals surface area contributed by atoms with Crippen LogP contribution in [0.2, 0.25) is 0 Å². The number of nitrogens with zero attached hydrogens (tertiary/aromatic N) is 6. The Bertz CT molecular complexity index is 983. The van der Waals surface area contributed by atoms with Crippen molar-refractivity contribution >= 4 is 16.9 Å². The predicted molar refractivity (Wildman–Crippen MR) is 117 cm³/mol. The minimum absolute atomic E-state index is 0.0125. The van der Waals surface area contributed by atoms with Crippen LogP contribution in [-0.2, 0) is 6.54 Å². The summed E-state index contributed by atoms with van der Waals surface area (Å²) in [6.45, 7) is 5.19. The number of nitrogens with two attached hydrogens (primary N) is 1. The number of aliphatic hydroxyl groups is 2. The van der Waals surface area contributed by atoms with Crippen LogP contribution in [0.1, 0.15) is 29.7 Å². The second-order valence-electron chi connectivity index (χ2n) is 7.52. The van der Waals surface area contributed by atoms with Crippen LogP contribution in [0.4, 0.5) is 0 Å². The molecule has 0 saturated carbocycles. The molecular weight excluding hydrogens is 386 g/mol. The number of rotatable bonds is 9. The van der Waals surface area contributed by atoms with Crippen LogP contribution in [0, 0.1) is 13.8 Å². The number of aryl methyl sites for hydroxylation is 3. The molecule has 1 heterocycles. The molecular formula is C20H31N7O3. The lowest BCUT2D eigenvalue weighted by atomic mass is 10.1. The van der Waals surface area contributed by atoms with Gasteiger partial charge >= 0.3 is 0 Å². The van der Waals surface area contributed by atoms with Crippen molar-refractivity contribution in [1.29, 1.82) is 0 Å². The fourth-order valence-electron chi connectivity index (χ4n) is 2.93. The third-order valence-electron chi connectivity index (χ3n) is 4.86. The Hall–Kier alpha value is -2.69. The highest BCUT2D eigenvalue weighted by Gasteiger charge is 2.18. The first kappa shape index (κ1) is 23.6. The number of likely N-dealkylation sites (N-methyl/N-ethyl adjacent to an activating group) is 1. The second-order valence-corrected chi connectivity index (χ2v) is 7.52. The van der Waals surface area contributed by atoms with Gasteiger partial charge in [-0.25, -0.2) is 4.98 Å².